The molecule has 2 aromatic carbocycles. The Bertz CT molecular complexity index is 947. The van der Waals surface area contributed by atoms with Crippen LogP contribution in [0.25, 0.3) is 0 Å². The summed E-state index contributed by atoms with van der Waals surface area (Å²) in [6.07, 6.45) is -0.0419. The van der Waals surface area contributed by atoms with Crippen LogP contribution in [0.2, 0.25) is 5.02 Å². The number of hydrogen-bond acceptors (Lipinski definition) is 4. The van der Waals surface area contributed by atoms with E-state index in [1.54, 1.807) is 29.6 Å². The Hall–Kier alpha value is -2.77. The summed E-state index contributed by atoms with van der Waals surface area (Å²) >= 11 is 6.89. The molecule has 0 fully saturated rings. The standard InChI is InChI=1S/C18H13ClFN3O2S/c19-12-6-7-15(14(20)8-12)22-16(24)9-13-10-26-18(21-13)23-17(25)11-4-2-1-3-5-11/h1-8,10H,9H2,(H,22,24)(H,21,23,25). The molecule has 8 heteroatoms. The normalized spacial score (nSPS) is 10.4. The number of anilines is 2. The van der Waals surface area contributed by atoms with Crippen molar-refractivity contribution in [1.29, 1.82) is 0 Å². The highest BCUT2D eigenvalue weighted by molar-refractivity contribution is 7.14. The molecule has 0 aliphatic carbocycles. The number of nitrogens with one attached hydrogen (secondary N) is 2. The van der Waals surface area contributed by atoms with Gasteiger partial charge in [-0.1, -0.05) is 29.8 Å². The number of rotatable bonds is 5. The summed E-state index contributed by atoms with van der Waals surface area (Å²) in [5, 5.41) is 7.45. The quantitative estimate of drug-likeness (QED) is 0.680. The molecule has 0 atom stereocenters. The number of thiazole rings is 1. The Morgan fingerprint density at radius 3 is 2.62 bits per heavy atom. The first kappa shape index (κ1) is 18.0. The number of aromatic nitrogens is 1. The van der Waals surface area contributed by atoms with Gasteiger partial charge in [0.2, 0.25) is 5.91 Å². The molecular weight excluding hydrogens is 377 g/mol. The average Bonchev–Trinajstić information content (AvgIpc) is 3.05. The highest BCUT2D eigenvalue weighted by Gasteiger charge is 2.12. The van der Waals surface area contributed by atoms with E-state index in [1.807, 2.05) is 6.07 Å². The number of carbonyl (C=O) groups excluding carboxylic acids is 2. The van der Waals surface area contributed by atoms with Gasteiger partial charge < -0.3 is 5.32 Å². The van der Waals surface area contributed by atoms with E-state index in [9.17, 15) is 14.0 Å². The highest BCUT2D eigenvalue weighted by atomic mass is 35.5. The fourth-order valence-corrected chi connectivity index (χ4v) is 3.02. The SMILES string of the molecule is O=C(Cc1csc(NC(=O)c2ccccc2)n1)Nc1ccc(Cl)cc1F. The summed E-state index contributed by atoms with van der Waals surface area (Å²) in [4.78, 5) is 28.3. The summed E-state index contributed by atoms with van der Waals surface area (Å²) in [5.74, 6) is -1.31. The lowest BCUT2D eigenvalue weighted by atomic mass is 10.2. The largest absolute Gasteiger partial charge is 0.323 e. The zero-order chi connectivity index (χ0) is 18.5. The zero-order valence-corrected chi connectivity index (χ0v) is 14.9. The van der Waals surface area contributed by atoms with Crippen molar-refractivity contribution in [2.75, 3.05) is 10.6 Å². The first-order valence-corrected chi connectivity index (χ1v) is 8.83. The van der Waals surface area contributed by atoms with Crippen molar-refractivity contribution in [3.8, 4) is 0 Å². The lowest BCUT2D eigenvalue weighted by Crippen LogP contribution is -2.16. The molecule has 1 heterocycles. The Kier molecular flexibility index (Phi) is 5.60. The van der Waals surface area contributed by atoms with E-state index in [2.05, 4.69) is 15.6 Å². The monoisotopic (exact) mass is 389 g/mol. The first-order chi connectivity index (χ1) is 12.5. The molecule has 3 rings (SSSR count). The van der Waals surface area contributed by atoms with E-state index in [1.165, 1.54) is 23.5 Å². The molecule has 0 aliphatic rings. The minimum absolute atomic E-state index is 0.0419. The summed E-state index contributed by atoms with van der Waals surface area (Å²) in [6.45, 7) is 0. The van der Waals surface area contributed by atoms with Crippen LogP contribution in [0, 0.1) is 5.82 Å². The van der Waals surface area contributed by atoms with Crippen LogP contribution >= 0.6 is 22.9 Å². The van der Waals surface area contributed by atoms with Gasteiger partial charge in [0.1, 0.15) is 5.82 Å². The van der Waals surface area contributed by atoms with Gasteiger partial charge >= 0.3 is 0 Å². The Balaban J connectivity index is 1.59. The minimum atomic E-state index is -0.611. The second-order valence-electron chi connectivity index (χ2n) is 5.31. The molecular formula is C18H13ClFN3O2S. The number of amides is 2. The number of nitrogens with zero attached hydrogens (tertiary/aromatic N) is 1. The van der Waals surface area contributed by atoms with Crippen molar-refractivity contribution in [3.63, 3.8) is 0 Å². The van der Waals surface area contributed by atoms with Gasteiger partial charge in [-0.3, -0.25) is 14.9 Å². The molecule has 0 bridgehead atoms. The highest BCUT2D eigenvalue weighted by Crippen LogP contribution is 2.20. The van der Waals surface area contributed by atoms with E-state index < -0.39 is 11.7 Å². The van der Waals surface area contributed by atoms with Crippen LogP contribution in [-0.2, 0) is 11.2 Å². The van der Waals surface area contributed by atoms with E-state index in [4.69, 9.17) is 11.6 Å². The maximum atomic E-state index is 13.7. The minimum Gasteiger partial charge on any atom is -0.323 e. The number of carbonyl (C=O) groups is 2. The van der Waals surface area contributed by atoms with Crippen molar-refractivity contribution in [2.24, 2.45) is 0 Å². The summed E-state index contributed by atoms with van der Waals surface area (Å²) < 4.78 is 13.7. The smallest absolute Gasteiger partial charge is 0.257 e. The third-order valence-electron chi connectivity index (χ3n) is 3.36. The van der Waals surface area contributed by atoms with Crippen LogP contribution in [0.5, 0.6) is 0 Å². The molecule has 5 nitrogen and oxygen atoms in total. The van der Waals surface area contributed by atoms with Gasteiger partial charge in [0.25, 0.3) is 5.91 Å². The third-order valence-corrected chi connectivity index (χ3v) is 4.40. The lowest BCUT2D eigenvalue weighted by molar-refractivity contribution is -0.115. The van der Waals surface area contributed by atoms with E-state index >= 15 is 0 Å². The molecule has 3 aromatic rings. The molecule has 0 unspecified atom stereocenters. The van der Waals surface area contributed by atoms with Gasteiger partial charge in [-0.15, -0.1) is 11.3 Å². The number of hydrogen-bond donors (Lipinski definition) is 2. The van der Waals surface area contributed by atoms with Gasteiger partial charge in [0.05, 0.1) is 17.8 Å². The molecule has 2 N–H and O–H groups in total. The van der Waals surface area contributed by atoms with E-state index in [0.29, 0.717) is 16.4 Å². The molecule has 0 saturated heterocycles. The lowest BCUT2D eigenvalue weighted by Gasteiger charge is -2.05. The molecule has 0 saturated carbocycles. The Morgan fingerprint density at radius 2 is 1.88 bits per heavy atom. The van der Waals surface area contributed by atoms with Crippen molar-refractivity contribution in [3.05, 3.63) is 76.0 Å². The maximum absolute atomic E-state index is 13.7. The van der Waals surface area contributed by atoms with Crippen LogP contribution in [-0.4, -0.2) is 16.8 Å². The Labute approximate surface area is 157 Å². The molecule has 132 valence electrons. The number of benzene rings is 2. The molecule has 0 aliphatic heterocycles. The van der Waals surface area contributed by atoms with E-state index in [-0.39, 0.29) is 23.0 Å². The second kappa shape index (κ2) is 8.07. The Morgan fingerprint density at radius 1 is 1.12 bits per heavy atom. The summed E-state index contributed by atoms with van der Waals surface area (Å²) in [7, 11) is 0. The fourth-order valence-electron chi connectivity index (χ4n) is 2.15. The molecule has 26 heavy (non-hydrogen) atoms. The van der Waals surface area contributed by atoms with Crippen molar-refractivity contribution < 1.29 is 14.0 Å². The summed E-state index contributed by atoms with van der Waals surface area (Å²) in [5.41, 5.74) is 1.04. The fraction of sp³-hybridized carbons (Fsp3) is 0.0556. The van der Waals surface area contributed by atoms with Crippen molar-refractivity contribution in [2.45, 2.75) is 6.42 Å². The zero-order valence-electron chi connectivity index (χ0n) is 13.3. The molecule has 0 spiro atoms. The molecule has 0 radical (unpaired) electrons. The van der Waals surface area contributed by atoms with Crippen LogP contribution in [0.1, 0.15) is 16.1 Å². The second-order valence-corrected chi connectivity index (χ2v) is 6.61. The van der Waals surface area contributed by atoms with Crippen molar-refractivity contribution >= 4 is 45.6 Å². The van der Waals surface area contributed by atoms with Crippen LogP contribution < -0.4 is 10.6 Å². The van der Waals surface area contributed by atoms with Gasteiger partial charge in [0.15, 0.2) is 5.13 Å². The van der Waals surface area contributed by atoms with Gasteiger partial charge in [-0.05, 0) is 30.3 Å². The van der Waals surface area contributed by atoms with Gasteiger partial charge in [-0.2, -0.15) is 0 Å². The molecule has 2 amide bonds. The number of halogens is 2. The van der Waals surface area contributed by atoms with Gasteiger partial charge in [-0.25, -0.2) is 9.37 Å². The summed E-state index contributed by atoms with van der Waals surface area (Å²) in [6, 6.07) is 12.7. The predicted octanol–water partition coefficient (Wildman–Crippen LogP) is 4.37. The average molecular weight is 390 g/mol. The van der Waals surface area contributed by atoms with E-state index in [0.717, 1.165) is 6.07 Å². The van der Waals surface area contributed by atoms with Crippen LogP contribution in [0.3, 0.4) is 0 Å². The van der Waals surface area contributed by atoms with Crippen LogP contribution in [0.15, 0.2) is 53.9 Å². The topological polar surface area (TPSA) is 71.1 Å². The van der Waals surface area contributed by atoms with Gasteiger partial charge in [0, 0.05) is 16.0 Å². The molecule has 1 aromatic heterocycles. The van der Waals surface area contributed by atoms with Crippen molar-refractivity contribution in [1.82, 2.24) is 4.98 Å². The predicted molar refractivity (Wildman–Crippen MR) is 100 cm³/mol. The maximum Gasteiger partial charge on any atom is 0.257 e. The van der Waals surface area contributed by atoms with Crippen LogP contribution in [0.4, 0.5) is 15.2 Å². The first-order valence-electron chi connectivity index (χ1n) is 7.57. The third kappa shape index (κ3) is 4.65.